The van der Waals surface area contributed by atoms with Gasteiger partial charge >= 0.3 is 0 Å². The molecule has 2 unspecified atom stereocenters. The van der Waals surface area contributed by atoms with E-state index in [9.17, 15) is 23.1 Å². The molecule has 31 heavy (non-hydrogen) atoms. The summed E-state index contributed by atoms with van der Waals surface area (Å²) in [5.74, 6) is -3.60. The number of anilines is 2. The number of piperidine rings is 1. The van der Waals surface area contributed by atoms with E-state index >= 15 is 0 Å². The minimum atomic E-state index is -1.26. The molecule has 1 amide bonds. The predicted molar refractivity (Wildman–Crippen MR) is 116 cm³/mol. The first-order chi connectivity index (χ1) is 14.7. The summed E-state index contributed by atoms with van der Waals surface area (Å²) in [7, 11) is 2.63. The lowest BCUT2D eigenvalue weighted by molar-refractivity contribution is -0.124. The maximum Gasteiger partial charge on any atom is 0.256 e. The topological polar surface area (TPSA) is 55.8 Å². The Balaban J connectivity index is 1.57. The zero-order valence-electron chi connectivity index (χ0n) is 17.2. The molecule has 4 rings (SSSR count). The number of hydrogen-bond donors (Lipinski definition) is 2. The lowest BCUT2D eigenvalue weighted by Gasteiger charge is -2.54. The van der Waals surface area contributed by atoms with Gasteiger partial charge in [-0.1, -0.05) is 21.9 Å². The van der Waals surface area contributed by atoms with Crippen molar-refractivity contribution in [3.8, 4) is 0 Å². The SMILES string of the molecule is Cc1ccc(Nc2c(C(=O)N3CC(O)(C4CCCCN4P)C3)ccc(F)c2F)c(F)c1. The van der Waals surface area contributed by atoms with Crippen LogP contribution in [0.2, 0.25) is 0 Å². The third-order valence-electron chi connectivity index (χ3n) is 6.09. The largest absolute Gasteiger partial charge is 0.385 e. The highest BCUT2D eigenvalue weighted by molar-refractivity contribution is 7.13. The van der Waals surface area contributed by atoms with E-state index in [1.807, 2.05) is 4.67 Å². The number of rotatable bonds is 4. The van der Waals surface area contributed by atoms with Gasteiger partial charge in [-0.15, -0.1) is 0 Å². The minimum absolute atomic E-state index is 0.0647. The lowest BCUT2D eigenvalue weighted by Crippen LogP contribution is -2.71. The summed E-state index contributed by atoms with van der Waals surface area (Å²) in [6.07, 6.45) is 2.88. The van der Waals surface area contributed by atoms with Gasteiger partial charge in [0.05, 0.1) is 30.0 Å². The molecule has 0 aromatic heterocycles. The number of carbonyl (C=O) groups is 1. The van der Waals surface area contributed by atoms with Gasteiger partial charge in [0.15, 0.2) is 11.6 Å². The first-order valence-electron chi connectivity index (χ1n) is 10.2. The van der Waals surface area contributed by atoms with Crippen molar-refractivity contribution in [3.63, 3.8) is 0 Å². The van der Waals surface area contributed by atoms with Gasteiger partial charge in [0, 0.05) is 12.6 Å². The number of carbonyl (C=O) groups excluding carboxylic acids is 1. The Bertz CT molecular complexity index is 1010. The van der Waals surface area contributed by atoms with Gasteiger partial charge in [0.1, 0.15) is 11.4 Å². The van der Waals surface area contributed by atoms with E-state index in [4.69, 9.17) is 0 Å². The molecule has 0 saturated carbocycles. The third-order valence-corrected chi connectivity index (χ3v) is 6.71. The Kier molecular flexibility index (Phi) is 5.99. The van der Waals surface area contributed by atoms with Crippen molar-refractivity contribution < 1.29 is 23.1 Å². The second kappa shape index (κ2) is 8.41. The van der Waals surface area contributed by atoms with Crippen LogP contribution in [0.5, 0.6) is 0 Å². The molecule has 2 fully saturated rings. The van der Waals surface area contributed by atoms with Gasteiger partial charge in [-0.25, -0.2) is 13.2 Å². The van der Waals surface area contributed by atoms with Crippen molar-refractivity contribution in [1.82, 2.24) is 9.57 Å². The highest BCUT2D eigenvalue weighted by atomic mass is 31.0. The van der Waals surface area contributed by atoms with Gasteiger partial charge < -0.3 is 15.3 Å². The molecule has 2 aromatic rings. The fraction of sp³-hybridized carbons (Fsp3) is 0.409. The molecule has 5 nitrogen and oxygen atoms in total. The lowest BCUT2D eigenvalue weighted by atomic mass is 9.81. The van der Waals surface area contributed by atoms with E-state index in [0.29, 0.717) is 5.56 Å². The Morgan fingerprint density at radius 3 is 2.58 bits per heavy atom. The van der Waals surface area contributed by atoms with Crippen molar-refractivity contribution in [1.29, 1.82) is 0 Å². The Labute approximate surface area is 181 Å². The summed E-state index contributed by atoms with van der Waals surface area (Å²) in [5, 5.41) is 13.5. The zero-order valence-corrected chi connectivity index (χ0v) is 18.3. The summed E-state index contributed by atoms with van der Waals surface area (Å²) in [5.41, 5.74) is -0.983. The molecule has 0 radical (unpaired) electrons. The summed E-state index contributed by atoms with van der Waals surface area (Å²) in [4.78, 5) is 14.5. The van der Waals surface area contributed by atoms with Gasteiger partial charge in [0.2, 0.25) is 0 Å². The number of aryl methyl sites for hydroxylation is 1. The van der Waals surface area contributed by atoms with Crippen LogP contribution in [0, 0.1) is 24.4 Å². The molecule has 9 heteroatoms. The fourth-order valence-electron chi connectivity index (χ4n) is 4.38. The minimum Gasteiger partial charge on any atom is -0.385 e. The quantitative estimate of drug-likeness (QED) is 0.691. The Morgan fingerprint density at radius 2 is 1.90 bits per heavy atom. The number of hydrogen-bond acceptors (Lipinski definition) is 4. The number of likely N-dealkylation sites (tertiary alicyclic amines) is 1. The summed E-state index contributed by atoms with van der Waals surface area (Å²) in [6, 6.07) is 6.25. The molecular weight excluding hydrogens is 426 g/mol. The molecule has 0 aliphatic carbocycles. The molecule has 2 aliphatic rings. The maximum absolute atomic E-state index is 14.6. The highest BCUT2D eigenvalue weighted by Crippen LogP contribution is 2.37. The average molecular weight is 451 g/mol. The van der Waals surface area contributed by atoms with Crippen molar-refractivity contribution in [3.05, 3.63) is 58.9 Å². The van der Waals surface area contributed by atoms with Gasteiger partial charge in [0.25, 0.3) is 5.91 Å². The first-order valence-corrected chi connectivity index (χ1v) is 10.8. The Hall–Kier alpha value is -2.15. The van der Waals surface area contributed by atoms with Crippen LogP contribution >= 0.6 is 9.39 Å². The number of β-amino-alcohol motifs (C(OH)–C–C–N with tert-alkyl or cyclic N) is 1. The average Bonchev–Trinajstić information content (AvgIpc) is 2.71. The van der Waals surface area contributed by atoms with Crippen LogP contribution in [0.4, 0.5) is 24.5 Å². The summed E-state index contributed by atoms with van der Waals surface area (Å²) in [6.45, 7) is 2.75. The van der Waals surface area contributed by atoms with E-state index in [-0.39, 0.29) is 30.4 Å². The van der Waals surface area contributed by atoms with Crippen LogP contribution in [0.3, 0.4) is 0 Å². The molecule has 2 aliphatic heterocycles. The second-order valence-corrected chi connectivity index (χ2v) is 9.07. The number of nitrogens with zero attached hydrogens (tertiary/aromatic N) is 2. The Morgan fingerprint density at radius 1 is 1.16 bits per heavy atom. The second-order valence-electron chi connectivity index (χ2n) is 8.41. The number of nitrogens with one attached hydrogen (secondary N) is 1. The van der Waals surface area contributed by atoms with E-state index in [0.717, 1.165) is 31.9 Å². The van der Waals surface area contributed by atoms with Gasteiger partial charge in [-0.3, -0.25) is 9.46 Å². The van der Waals surface area contributed by atoms with Crippen LogP contribution in [-0.2, 0) is 0 Å². The summed E-state index contributed by atoms with van der Waals surface area (Å²) >= 11 is 0. The van der Waals surface area contributed by atoms with Crippen LogP contribution < -0.4 is 5.32 Å². The first kappa shape index (κ1) is 22.1. The molecule has 2 heterocycles. The van der Waals surface area contributed by atoms with Crippen molar-refractivity contribution >= 4 is 26.7 Å². The number of amides is 1. The highest BCUT2D eigenvalue weighted by Gasteiger charge is 2.51. The monoisotopic (exact) mass is 451 g/mol. The fourth-order valence-corrected chi connectivity index (χ4v) is 4.99. The number of benzene rings is 2. The standard InChI is InChI=1S/C22H25F3N3O2P/c1-13-5-8-17(16(24)10-13)26-20-14(6-7-15(23)19(20)25)21(29)27-11-22(30,12-27)18-4-2-3-9-28(18)31/h5-8,10,18,26,30H,2-4,9,11-12,31H2,1H3. The molecular formula is C22H25F3N3O2P. The van der Waals surface area contributed by atoms with Crippen LogP contribution in [0.25, 0.3) is 0 Å². The van der Waals surface area contributed by atoms with Crippen molar-refractivity contribution in [2.45, 2.75) is 37.8 Å². The third kappa shape index (κ3) is 4.16. The number of halogens is 3. The molecule has 2 saturated heterocycles. The van der Waals surface area contributed by atoms with Crippen molar-refractivity contribution in [2.24, 2.45) is 0 Å². The number of aliphatic hydroxyl groups is 1. The van der Waals surface area contributed by atoms with E-state index in [1.54, 1.807) is 13.0 Å². The maximum atomic E-state index is 14.6. The van der Waals surface area contributed by atoms with Crippen LogP contribution in [-0.4, -0.2) is 51.9 Å². The smallest absolute Gasteiger partial charge is 0.256 e. The summed E-state index contributed by atoms with van der Waals surface area (Å²) < 4.78 is 44.8. The van der Waals surface area contributed by atoms with E-state index < -0.39 is 34.6 Å². The molecule has 166 valence electrons. The molecule has 0 spiro atoms. The zero-order chi connectivity index (χ0) is 22.3. The van der Waals surface area contributed by atoms with E-state index in [1.165, 1.54) is 23.1 Å². The van der Waals surface area contributed by atoms with E-state index in [2.05, 4.69) is 14.7 Å². The molecule has 2 N–H and O–H groups in total. The molecule has 2 atom stereocenters. The van der Waals surface area contributed by atoms with Crippen LogP contribution in [0.15, 0.2) is 30.3 Å². The molecule has 0 bridgehead atoms. The predicted octanol–water partition coefficient (Wildman–Crippen LogP) is 3.99. The van der Waals surface area contributed by atoms with Crippen LogP contribution in [0.1, 0.15) is 35.2 Å². The van der Waals surface area contributed by atoms with Gasteiger partial charge in [-0.05, 0) is 49.6 Å². The normalized spacial score (nSPS) is 21.0. The van der Waals surface area contributed by atoms with Crippen molar-refractivity contribution in [2.75, 3.05) is 25.0 Å². The van der Waals surface area contributed by atoms with Gasteiger partial charge in [-0.2, -0.15) is 0 Å². The molecule has 2 aromatic carbocycles.